The van der Waals surface area contributed by atoms with Gasteiger partial charge in [-0.05, 0) is 55.8 Å². The number of hydrogen-bond acceptors (Lipinski definition) is 2. The molecule has 0 N–H and O–H groups in total. The van der Waals surface area contributed by atoms with Crippen LogP contribution >= 0.6 is 0 Å². The van der Waals surface area contributed by atoms with Gasteiger partial charge in [-0.2, -0.15) is 0 Å². The van der Waals surface area contributed by atoms with Crippen LogP contribution in [0.1, 0.15) is 50.5 Å². The van der Waals surface area contributed by atoms with Crippen LogP contribution < -0.4 is 0 Å². The lowest BCUT2D eigenvalue weighted by Gasteiger charge is -2.49. The normalized spacial score (nSPS) is 29.8. The first-order valence-electron chi connectivity index (χ1n) is 9.64. The van der Waals surface area contributed by atoms with Crippen molar-refractivity contribution in [3.8, 4) is 0 Å². The van der Waals surface area contributed by atoms with Gasteiger partial charge in [0.25, 0.3) is 0 Å². The molecule has 1 saturated carbocycles. The molecule has 2 aliphatic heterocycles. The first kappa shape index (κ1) is 16.5. The molecule has 1 aliphatic carbocycles. The Morgan fingerprint density at radius 1 is 0.875 bits per heavy atom. The van der Waals surface area contributed by atoms with E-state index < -0.39 is 11.6 Å². The smallest absolute Gasteiger partial charge is 0.159 e. The molecule has 0 radical (unpaired) electrons. The minimum absolute atomic E-state index is 0.592. The summed E-state index contributed by atoms with van der Waals surface area (Å²) >= 11 is 0. The molecular formula is C20H28F2N2. The highest BCUT2D eigenvalue weighted by Crippen LogP contribution is 2.38. The molecule has 132 valence electrons. The third kappa shape index (κ3) is 3.23. The molecule has 4 rings (SSSR count). The summed E-state index contributed by atoms with van der Waals surface area (Å²) in [6.45, 7) is 4.17. The number of piperazine rings is 1. The molecule has 3 fully saturated rings. The molecule has 2 atom stereocenters. The number of hydrogen-bond donors (Lipinski definition) is 0. The summed E-state index contributed by atoms with van der Waals surface area (Å²) in [5.74, 6) is -0.695. The first-order chi connectivity index (χ1) is 11.7. The monoisotopic (exact) mass is 334 g/mol. The van der Waals surface area contributed by atoms with Crippen LogP contribution in [0.2, 0.25) is 0 Å². The molecule has 0 unspecified atom stereocenters. The van der Waals surface area contributed by atoms with Crippen LogP contribution in [0, 0.1) is 17.6 Å². The van der Waals surface area contributed by atoms with Gasteiger partial charge >= 0.3 is 0 Å². The predicted octanol–water partition coefficient (Wildman–Crippen LogP) is 4.19. The fraction of sp³-hybridized carbons (Fsp3) is 0.700. The number of benzene rings is 1. The molecule has 2 saturated heterocycles. The third-order valence-corrected chi connectivity index (χ3v) is 6.41. The summed E-state index contributed by atoms with van der Waals surface area (Å²) in [4.78, 5) is 5.26. The quantitative estimate of drug-likeness (QED) is 0.818. The van der Waals surface area contributed by atoms with Crippen molar-refractivity contribution in [2.75, 3.05) is 19.6 Å². The molecule has 4 heteroatoms. The Balaban J connectivity index is 1.55. The molecular weight excluding hydrogens is 306 g/mol. The van der Waals surface area contributed by atoms with Crippen molar-refractivity contribution in [1.82, 2.24) is 9.80 Å². The van der Waals surface area contributed by atoms with E-state index in [0.717, 1.165) is 31.1 Å². The lowest BCUT2D eigenvalue weighted by molar-refractivity contribution is -0.00385. The molecule has 0 aromatic heterocycles. The fourth-order valence-corrected chi connectivity index (χ4v) is 5.31. The van der Waals surface area contributed by atoms with Gasteiger partial charge in [0.15, 0.2) is 11.6 Å². The van der Waals surface area contributed by atoms with E-state index in [0.29, 0.717) is 12.1 Å². The van der Waals surface area contributed by atoms with Crippen molar-refractivity contribution in [3.05, 3.63) is 35.4 Å². The number of rotatable bonds is 3. The summed E-state index contributed by atoms with van der Waals surface area (Å²) in [6, 6.07) is 5.67. The van der Waals surface area contributed by atoms with Crippen LogP contribution in [0.4, 0.5) is 8.78 Å². The second kappa shape index (κ2) is 7.09. The zero-order valence-electron chi connectivity index (χ0n) is 14.4. The van der Waals surface area contributed by atoms with Crippen molar-refractivity contribution in [1.29, 1.82) is 0 Å². The van der Waals surface area contributed by atoms with Crippen LogP contribution in [0.25, 0.3) is 0 Å². The highest BCUT2D eigenvalue weighted by atomic mass is 19.2. The number of halogens is 2. The Labute approximate surface area is 143 Å². The third-order valence-electron chi connectivity index (χ3n) is 6.41. The van der Waals surface area contributed by atoms with E-state index >= 15 is 0 Å². The summed E-state index contributed by atoms with van der Waals surface area (Å²) in [5, 5.41) is 0. The van der Waals surface area contributed by atoms with Gasteiger partial charge in [-0.25, -0.2) is 8.78 Å². The molecule has 1 aromatic rings. The standard InChI is InChI=1S/C20H28F2N2/c21-17-9-8-15(13-18(17)22)14-24-12-11-23-10-4-7-19(23)20(24)16-5-2-1-3-6-16/h8-9,13,16,19-20H,1-7,10-12,14H2/t19-,20-/m0/s1. The highest BCUT2D eigenvalue weighted by molar-refractivity contribution is 5.18. The SMILES string of the molecule is Fc1ccc(CN2CCN3CCC[C@H]3[C@@H]2C2CCCCC2)cc1F. The van der Waals surface area contributed by atoms with Gasteiger partial charge in [-0.15, -0.1) is 0 Å². The van der Waals surface area contributed by atoms with Crippen molar-refractivity contribution >= 4 is 0 Å². The minimum atomic E-state index is -0.747. The molecule has 0 bridgehead atoms. The van der Waals surface area contributed by atoms with E-state index in [4.69, 9.17) is 0 Å². The summed E-state index contributed by atoms with van der Waals surface area (Å²) in [7, 11) is 0. The minimum Gasteiger partial charge on any atom is -0.298 e. The molecule has 24 heavy (non-hydrogen) atoms. The predicted molar refractivity (Wildman–Crippen MR) is 91.7 cm³/mol. The molecule has 3 aliphatic rings. The topological polar surface area (TPSA) is 6.48 Å². The van der Waals surface area contributed by atoms with Crippen molar-refractivity contribution in [2.24, 2.45) is 5.92 Å². The van der Waals surface area contributed by atoms with Crippen LogP contribution in [0.5, 0.6) is 0 Å². The average molecular weight is 334 g/mol. The Bertz CT molecular complexity index is 571. The maximum absolute atomic E-state index is 13.6. The fourth-order valence-electron chi connectivity index (χ4n) is 5.31. The highest BCUT2D eigenvalue weighted by Gasteiger charge is 2.42. The summed E-state index contributed by atoms with van der Waals surface area (Å²) in [5.41, 5.74) is 0.904. The molecule has 0 amide bonds. The Hall–Kier alpha value is -1.00. The van der Waals surface area contributed by atoms with E-state index in [9.17, 15) is 8.78 Å². The van der Waals surface area contributed by atoms with Crippen LogP contribution in [-0.2, 0) is 6.54 Å². The Morgan fingerprint density at radius 2 is 1.71 bits per heavy atom. The number of nitrogens with zero attached hydrogens (tertiary/aromatic N) is 2. The lowest BCUT2D eigenvalue weighted by Crippen LogP contribution is -2.59. The zero-order chi connectivity index (χ0) is 16.5. The van der Waals surface area contributed by atoms with Gasteiger partial charge in [0, 0.05) is 31.7 Å². The maximum Gasteiger partial charge on any atom is 0.159 e. The second-order valence-corrected chi connectivity index (χ2v) is 7.85. The van der Waals surface area contributed by atoms with Crippen molar-refractivity contribution < 1.29 is 8.78 Å². The maximum atomic E-state index is 13.6. The number of fused-ring (bicyclic) bond motifs is 1. The van der Waals surface area contributed by atoms with E-state index in [1.165, 1.54) is 63.6 Å². The van der Waals surface area contributed by atoms with Crippen molar-refractivity contribution in [2.45, 2.75) is 63.6 Å². The zero-order valence-corrected chi connectivity index (χ0v) is 14.4. The van der Waals surface area contributed by atoms with Crippen LogP contribution in [0.3, 0.4) is 0 Å². The van der Waals surface area contributed by atoms with E-state index in [1.807, 2.05) is 0 Å². The van der Waals surface area contributed by atoms with Gasteiger partial charge < -0.3 is 0 Å². The molecule has 2 nitrogen and oxygen atoms in total. The van der Waals surface area contributed by atoms with Gasteiger partial charge in [0.1, 0.15) is 0 Å². The Kier molecular flexibility index (Phi) is 4.86. The van der Waals surface area contributed by atoms with E-state index in [1.54, 1.807) is 6.07 Å². The molecule has 2 heterocycles. The van der Waals surface area contributed by atoms with Gasteiger partial charge in [0.2, 0.25) is 0 Å². The molecule has 1 aromatic carbocycles. The second-order valence-electron chi connectivity index (χ2n) is 7.85. The Morgan fingerprint density at radius 3 is 2.50 bits per heavy atom. The van der Waals surface area contributed by atoms with Gasteiger partial charge in [-0.3, -0.25) is 9.80 Å². The lowest BCUT2D eigenvalue weighted by atomic mass is 9.78. The van der Waals surface area contributed by atoms with E-state index in [2.05, 4.69) is 9.80 Å². The van der Waals surface area contributed by atoms with Crippen molar-refractivity contribution in [3.63, 3.8) is 0 Å². The summed E-state index contributed by atoms with van der Waals surface area (Å²) < 4.78 is 26.8. The average Bonchev–Trinajstić information content (AvgIpc) is 3.07. The van der Waals surface area contributed by atoms with Crippen LogP contribution in [-0.4, -0.2) is 41.5 Å². The largest absolute Gasteiger partial charge is 0.298 e. The molecule has 0 spiro atoms. The summed E-state index contributed by atoms with van der Waals surface area (Å²) in [6.07, 6.45) is 9.37. The van der Waals surface area contributed by atoms with E-state index in [-0.39, 0.29) is 0 Å². The van der Waals surface area contributed by atoms with Gasteiger partial charge in [-0.1, -0.05) is 25.3 Å². The van der Waals surface area contributed by atoms with Gasteiger partial charge in [0.05, 0.1) is 0 Å². The van der Waals surface area contributed by atoms with Crippen LogP contribution in [0.15, 0.2) is 18.2 Å². The first-order valence-corrected chi connectivity index (χ1v) is 9.64.